The van der Waals surface area contributed by atoms with Crippen molar-refractivity contribution in [1.82, 2.24) is 0 Å². The van der Waals surface area contributed by atoms with Gasteiger partial charge in [0, 0.05) is 0 Å². The number of carbonyl (C=O) groups excluding carboxylic acids is 1. The molecule has 2 nitrogen and oxygen atoms in total. The van der Waals surface area contributed by atoms with Crippen molar-refractivity contribution in [3.63, 3.8) is 0 Å². The SMILES string of the molecule is CC1C(=O)OC=C1C(C)(C)C. The van der Waals surface area contributed by atoms with Crippen molar-refractivity contribution in [2.75, 3.05) is 0 Å². The average Bonchev–Trinajstić information content (AvgIpc) is 2.11. The quantitative estimate of drug-likeness (QED) is 0.499. The summed E-state index contributed by atoms with van der Waals surface area (Å²) in [6.07, 6.45) is 1.59. The average molecular weight is 154 g/mol. The molecule has 1 aliphatic heterocycles. The Morgan fingerprint density at radius 1 is 1.45 bits per heavy atom. The molecule has 1 atom stereocenters. The maximum atomic E-state index is 11.0. The monoisotopic (exact) mass is 154 g/mol. The molecule has 1 heterocycles. The van der Waals surface area contributed by atoms with E-state index < -0.39 is 0 Å². The Hall–Kier alpha value is -0.790. The Morgan fingerprint density at radius 2 is 2.00 bits per heavy atom. The molecule has 0 aromatic heterocycles. The normalized spacial score (nSPS) is 24.9. The third kappa shape index (κ3) is 1.44. The summed E-state index contributed by atoms with van der Waals surface area (Å²) in [6.45, 7) is 8.12. The van der Waals surface area contributed by atoms with Crippen molar-refractivity contribution < 1.29 is 9.53 Å². The number of carbonyl (C=O) groups is 1. The largest absolute Gasteiger partial charge is 0.434 e. The van der Waals surface area contributed by atoms with E-state index in [0.717, 1.165) is 5.57 Å². The zero-order chi connectivity index (χ0) is 8.65. The molecule has 0 amide bonds. The van der Waals surface area contributed by atoms with Gasteiger partial charge in [0.1, 0.15) is 0 Å². The van der Waals surface area contributed by atoms with Gasteiger partial charge >= 0.3 is 5.97 Å². The Bertz CT molecular complexity index is 208. The fraction of sp³-hybridized carbons (Fsp3) is 0.667. The van der Waals surface area contributed by atoms with Gasteiger partial charge in [-0.15, -0.1) is 0 Å². The van der Waals surface area contributed by atoms with E-state index in [-0.39, 0.29) is 17.3 Å². The molecule has 11 heavy (non-hydrogen) atoms. The van der Waals surface area contributed by atoms with Crippen LogP contribution < -0.4 is 0 Å². The number of rotatable bonds is 0. The second kappa shape index (κ2) is 2.36. The molecule has 0 aliphatic carbocycles. The lowest BCUT2D eigenvalue weighted by Crippen LogP contribution is -2.17. The summed E-state index contributed by atoms with van der Waals surface area (Å²) < 4.78 is 4.80. The zero-order valence-corrected chi connectivity index (χ0v) is 7.47. The molecule has 1 unspecified atom stereocenters. The second-order valence-electron chi connectivity index (χ2n) is 3.98. The summed E-state index contributed by atoms with van der Waals surface area (Å²) in [7, 11) is 0. The minimum absolute atomic E-state index is 0.0472. The minimum atomic E-state index is -0.130. The molecule has 0 spiro atoms. The standard InChI is InChI=1S/C9H14O2/c1-6-7(9(2,3)4)5-11-8(6)10/h5-6H,1-4H3. The van der Waals surface area contributed by atoms with Crippen molar-refractivity contribution in [3.05, 3.63) is 11.8 Å². The van der Waals surface area contributed by atoms with E-state index in [9.17, 15) is 4.79 Å². The molecule has 0 saturated heterocycles. The summed E-state index contributed by atoms with van der Waals surface area (Å²) in [5, 5.41) is 0. The fourth-order valence-corrected chi connectivity index (χ4v) is 1.28. The molecule has 2 heteroatoms. The Labute approximate surface area is 67.2 Å². The van der Waals surface area contributed by atoms with Gasteiger partial charge in [-0.05, 0) is 17.9 Å². The number of esters is 1. The maximum Gasteiger partial charge on any atom is 0.317 e. The van der Waals surface area contributed by atoms with E-state index in [4.69, 9.17) is 4.74 Å². The predicted molar refractivity (Wildman–Crippen MR) is 42.8 cm³/mol. The molecule has 0 saturated carbocycles. The van der Waals surface area contributed by atoms with Crippen LogP contribution in [0.4, 0.5) is 0 Å². The molecule has 0 radical (unpaired) electrons. The van der Waals surface area contributed by atoms with Gasteiger partial charge in [-0.25, -0.2) is 0 Å². The van der Waals surface area contributed by atoms with Gasteiger partial charge in [0.05, 0.1) is 12.2 Å². The van der Waals surface area contributed by atoms with Crippen molar-refractivity contribution in [1.29, 1.82) is 0 Å². The molecule has 0 N–H and O–H groups in total. The van der Waals surface area contributed by atoms with Gasteiger partial charge in [-0.3, -0.25) is 4.79 Å². The number of hydrogen-bond acceptors (Lipinski definition) is 2. The third-order valence-corrected chi connectivity index (χ3v) is 1.99. The molecule has 0 bridgehead atoms. The first-order valence-electron chi connectivity index (χ1n) is 3.84. The second-order valence-corrected chi connectivity index (χ2v) is 3.98. The number of cyclic esters (lactones) is 1. The molecule has 0 aromatic rings. The highest BCUT2D eigenvalue weighted by atomic mass is 16.5. The van der Waals surface area contributed by atoms with E-state index in [1.54, 1.807) is 6.26 Å². The molecular formula is C9H14O2. The maximum absolute atomic E-state index is 11.0. The van der Waals surface area contributed by atoms with Crippen molar-refractivity contribution in [3.8, 4) is 0 Å². The van der Waals surface area contributed by atoms with Crippen LogP contribution in [0.5, 0.6) is 0 Å². The first-order chi connectivity index (χ1) is 4.93. The molecular weight excluding hydrogens is 140 g/mol. The highest BCUT2D eigenvalue weighted by Gasteiger charge is 2.32. The van der Waals surface area contributed by atoms with Gasteiger partial charge in [-0.2, -0.15) is 0 Å². The van der Waals surface area contributed by atoms with Gasteiger partial charge in [0.25, 0.3) is 0 Å². The van der Waals surface area contributed by atoms with Crippen molar-refractivity contribution in [2.45, 2.75) is 27.7 Å². The van der Waals surface area contributed by atoms with Crippen LogP contribution >= 0.6 is 0 Å². The summed E-state index contributed by atoms with van der Waals surface area (Å²) in [4.78, 5) is 11.0. The van der Waals surface area contributed by atoms with Gasteiger partial charge < -0.3 is 4.74 Å². The van der Waals surface area contributed by atoms with Crippen LogP contribution in [0.15, 0.2) is 11.8 Å². The van der Waals surface area contributed by atoms with E-state index in [1.807, 2.05) is 6.92 Å². The van der Waals surface area contributed by atoms with Crippen LogP contribution in [0, 0.1) is 11.3 Å². The van der Waals surface area contributed by atoms with E-state index in [1.165, 1.54) is 0 Å². The highest BCUT2D eigenvalue weighted by molar-refractivity contribution is 5.78. The fourth-order valence-electron chi connectivity index (χ4n) is 1.28. The lowest BCUT2D eigenvalue weighted by atomic mass is 9.81. The number of ether oxygens (including phenoxy) is 1. The molecule has 0 fully saturated rings. The summed E-state index contributed by atoms with van der Waals surface area (Å²) >= 11 is 0. The first-order valence-corrected chi connectivity index (χ1v) is 3.84. The highest BCUT2D eigenvalue weighted by Crippen LogP contribution is 2.35. The Balaban J connectivity index is 2.84. The first kappa shape index (κ1) is 8.31. The lowest BCUT2D eigenvalue weighted by Gasteiger charge is -2.21. The number of hydrogen-bond donors (Lipinski definition) is 0. The minimum Gasteiger partial charge on any atom is -0.434 e. The van der Waals surface area contributed by atoms with E-state index in [2.05, 4.69) is 20.8 Å². The van der Waals surface area contributed by atoms with Crippen LogP contribution in [-0.2, 0) is 9.53 Å². The molecule has 62 valence electrons. The van der Waals surface area contributed by atoms with Gasteiger partial charge in [0.2, 0.25) is 0 Å². The summed E-state index contributed by atoms with van der Waals surface area (Å²) in [5.74, 6) is -0.190. The van der Waals surface area contributed by atoms with Gasteiger partial charge in [-0.1, -0.05) is 20.8 Å². The molecule has 0 aromatic carbocycles. The Morgan fingerprint density at radius 3 is 2.18 bits per heavy atom. The summed E-state index contributed by atoms with van der Waals surface area (Å²) in [5.41, 5.74) is 1.13. The molecule has 1 aliphatic rings. The van der Waals surface area contributed by atoms with Crippen molar-refractivity contribution in [2.24, 2.45) is 11.3 Å². The van der Waals surface area contributed by atoms with E-state index >= 15 is 0 Å². The molecule has 1 rings (SSSR count). The smallest absolute Gasteiger partial charge is 0.317 e. The van der Waals surface area contributed by atoms with E-state index in [0.29, 0.717) is 0 Å². The Kier molecular flexibility index (Phi) is 1.78. The van der Waals surface area contributed by atoms with Crippen LogP contribution in [0.25, 0.3) is 0 Å². The third-order valence-electron chi connectivity index (χ3n) is 1.99. The predicted octanol–water partition coefficient (Wildman–Crippen LogP) is 2.11. The van der Waals surface area contributed by atoms with Crippen LogP contribution in [0.2, 0.25) is 0 Å². The van der Waals surface area contributed by atoms with Crippen LogP contribution in [0.3, 0.4) is 0 Å². The van der Waals surface area contributed by atoms with Crippen molar-refractivity contribution >= 4 is 5.97 Å². The van der Waals surface area contributed by atoms with Crippen LogP contribution in [-0.4, -0.2) is 5.97 Å². The summed E-state index contributed by atoms with van der Waals surface area (Å²) in [6, 6.07) is 0. The zero-order valence-electron chi connectivity index (χ0n) is 7.47. The topological polar surface area (TPSA) is 26.3 Å². The van der Waals surface area contributed by atoms with Crippen LogP contribution in [0.1, 0.15) is 27.7 Å². The lowest BCUT2D eigenvalue weighted by molar-refractivity contribution is -0.138. The van der Waals surface area contributed by atoms with Gasteiger partial charge in [0.15, 0.2) is 0 Å².